The number of methoxy groups -OCH3 is 1. The first-order chi connectivity index (χ1) is 10.8. The maximum Gasteiger partial charge on any atom is 0.305 e. The van der Waals surface area contributed by atoms with E-state index in [1.54, 1.807) is 0 Å². The quantitative estimate of drug-likeness (QED) is 0.337. The van der Waals surface area contributed by atoms with Crippen LogP contribution in [0.5, 0.6) is 0 Å². The third-order valence-corrected chi connectivity index (χ3v) is 4.71. The second-order valence-electron chi connectivity index (χ2n) is 6.69. The highest BCUT2D eigenvalue weighted by Gasteiger charge is 2.24. The summed E-state index contributed by atoms with van der Waals surface area (Å²) in [7, 11) is 1.46. The molecule has 130 valence electrons. The van der Waals surface area contributed by atoms with E-state index in [1.807, 2.05) is 0 Å². The highest BCUT2D eigenvalue weighted by molar-refractivity contribution is 5.68. The summed E-state index contributed by atoms with van der Waals surface area (Å²) in [6.07, 6.45) is 17.9. The van der Waals surface area contributed by atoms with E-state index in [4.69, 9.17) is 4.74 Å². The van der Waals surface area contributed by atoms with E-state index in [9.17, 15) is 4.79 Å². The lowest BCUT2D eigenvalue weighted by atomic mass is 10.0. The van der Waals surface area contributed by atoms with E-state index >= 15 is 0 Å². The molecule has 1 aliphatic rings. The number of ether oxygens (including phenoxy) is 2. The van der Waals surface area contributed by atoms with E-state index < -0.39 is 0 Å². The van der Waals surface area contributed by atoms with Gasteiger partial charge < -0.3 is 9.47 Å². The van der Waals surface area contributed by atoms with E-state index in [-0.39, 0.29) is 5.97 Å². The molecule has 0 radical (unpaired) electrons. The van der Waals surface area contributed by atoms with Crippen molar-refractivity contribution >= 4 is 5.97 Å². The van der Waals surface area contributed by atoms with Gasteiger partial charge in [-0.25, -0.2) is 0 Å². The third-order valence-electron chi connectivity index (χ3n) is 4.71. The molecule has 1 heterocycles. The van der Waals surface area contributed by atoms with Crippen molar-refractivity contribution in [3.63, 3.8) is 0 Å². The van der Waals surface area contributed by atoms with Gasteiger partial charge in [0.25, 0.3) is 0 Å². The van der Waals surface area contributed by atoms with Crippen LogP contribution in [0.3, 0.4) is 0 Å². The Kier molecular flexibility index (Phi) is 11.4. The molecule has 0 amide bonds. The normalized spacial score (nSPS) is 21.2. The van der Waals surface area contributed by atoms with Crippen LogP contribution in [0.25, 0.3) is 0 Å². The second-order valence-corrected chi connectivity index (χ2v) is 6.69. The number of carbonyl (C=O) groups is 1. The van der Waals surface area contributed by atoms with Gasteiger partial charge in [0.15, 0.2) is 0 Å². The van der Waals surface area contributed by atoms with Crippen molar-refractivity contribution in [2.24, 2.45) is 0 Å². The molecule has 2 atom stereocenters. The topological polar surface area (TPSA) is 35.5 Å². The Bertz CT molecular complexity index is 278. The predicted molar refractivity (Wildman–Crippen MR) is 91.0 cm³/mol. The number of carbonyl (C=O) groups excluding carboxylic acids is 1. The fourth-order valence-corrected chi connectivity index (χ4v) is 3.28. The SMILES string of the molecule is CCCCCCCCCC1CCC(CCCCC(=O)OC)O1. The Morgan fingerprint density at radius 2 is 1.45 bits per heavy atom. The molecular formula is C19H36O3. The van der Waals surface area contributed by atoms with Gasteiger partial charge in [0.2, 0.25) is 0 Å². The maximum absolute atomic E-state index is 11.0. The Morgan fingerprint density at radius 1 is 0.909 bits per heavy atom. The van der Waals surface area contributed by atoms with Gasteiger partial charge in [0, 0.05) is 6.42 Å². The molecular weight excluding hydrogens is 276 g/mol. The first-order valence-electron chi connectivity index (χ1n) is 9.48. The van der Waals surface area contributed by atoms with Crippen molar-refractivity contribution in [2.75, 3.05) is 7.11 Å². The zero-order valence-corrected chi connectivity index (χ0v) is 14.8. The van der Waals surface area contributed by atoms with Crippen LogP contribution >= 0.6 is 0 Å². The second kappa shape index (κ2) is 12.9. The summed E-state index contributed by atoms with van der Waals surface area (Å²) in [4.78, 5) is 11.0. The van der Waals surface area contributed by atoms with Crippen molar-refractivity contribution in [3.05, 3.63) is 0 Å². The smallest absolute Gasteiger partial charge is 0.305 e. The molecule has 3 heteroatoms. The van der Waals surface area contributed by atoms with E-state index in [0.717, 1.165) is 19.3 Å². The molecule has 1 fully saturated rings. The minimum Gasteiger partial charge on any atom is -0.469 e. The average Bonchev–Trinajstić information content (AvgIpc) is 2.98. The molecule has 3 nitrogen and oxygen atoms in total. The number of hydrogen-bond donors (Lipinski definition) is 0. The molecule has 1 saturated heterocycles. The van der Waals surface area contributed by atoms with Gasteiger partial charge in [-0.2, -0.15) is 0 Å². The van der Waals surface area contributed by atoms with Crippen molar-refractivity contribution in [1.29, 1.82) is 0 Å². The summed E-state index contributed by atoms with van der Waals surface area (Å²) in [5.74, 6) is -0.0934. The van der Waals surface area contributed by atoms with Gasteiger partial charge in [-0.15, -0.1) is 0 Å². The Morgan fingerprint density at radius 3 is 2.05 bits per heavy atom. The van der Waals surface area contributed by atoms with Gasteiger partial charge >= 0.3 is 5.97 Å². The van der Waals surface area contributed by atoms with Gasteiger partial charge in [-0.3, -0.25) is 4.79 Å². The molecule has 1 aliphatic heterocycles. The zero-order valence-electron chi connectivity index (χ0n) is 14.8. The lowest BCUT2D eigenvalue weighted by molar-refractivity contribution is -0.140. The molecule has 22 heavy (non-hydrogen) atoms. The Hall–Kier alpha value is -0.570. The number of esters is 1. The minimum atomic E-state index is -0.0934. The number of unbranched alkanes of at least 4 members (excludes halogenated alkanes) is 7. The van der Waals surface area contributed by atoms with Gasteiger partial charge in [-0.05, 0) is 32.1 Å². The highest BCUT2D eigenvalue weighted by Crippen LogP contribution is 2.27. The van der Waals surface area contributed by atoms with E-state index in [1.165, 1.54) is 71.3 Å². The monoisotopic (exact) mass is 312 g/mol. The third kappa shape index (κ3) is 9.45. The molecule has 0 spiro atoms. The molecule has 1 rings (SSSR count). The lowest BCUT2D eigenvalue weighted by Gasteiger charge is -2.13. The first kappa shape index (κ1) is 19.5. The zero-order chi connectivity index (χ0) is 16.0. The predicted octanol–water partition coefficient (Wildman–Crippen LogP) is 5.41. The Balaban J connectivity index is 1.91. The number of rotatable bonds is 13. The summed E-state index contributed by atoms with van der Waals surface area (Å²) in [6, 6.07) is 0. The molecule has 0 saturated carbocycles. The molecule has 0 bridgehead atoms. The standard InChI is InChI=1S/C19H36O3/c1-3-4-5-6-7-8-9-12-17-15-16-18(22-17)13-10-11-14-19(20)21-2/h17-18H,3-16H2,1-2H3. The van der Waals surface area contributed by atoms with E-state index in [0.29, 0.717) is 18.6 Å². The summed E-state index contributed by atoms with van der Waals surface area (Å²) in [6.45, 7) is 2.27. The summed E-state index contributed by atoms with van der Waals surface area (Å²) < 4.78 is 10.8. The van der Waals surface area contributed by atoms with Crippen molar-refractivity contribution in [1.82, 2.24) is 0 Å². The van der Waals surface area contributed by atoms with Crippen molar-refractivity contribution in [2.45, 2.75) is 109 Å². The summed E-state index contributed by atoms with van der Waals surface area (Å²) in [5.41, 5.74) is 0. The minimum absolute atomic E-state index is 0.0934. The fourth-order valence-electron chi connectivity index (χ4n) is 3.28. The Labute approximate surface area is 137 Å². The van der Waals surface area contributed by atoms with Crippen LogP contribution in [0.4, 0.5) is 0 Å². The summed E-state index contributed by atoms with van der Waals surface area (Å²) >= 11 is 0. The molecule has 0 aromatic rings. The maximum atomic E-state index is 11.0. The van der Waals surface area contributed by atoms with Gasteiger partial charge in [-0.1, -0.05) is 58.3 Å². The van der Waals surface area contributed by atoms with Crippen molar-refractivity contribution in [3.8, 4) is 0 Å². The number of hydrogen-bond acceptors (Lipinski definition) is 3. The molecule has 0 N–H and O–H groups in total. The molecule has 0 aromatic heterocycles. The largest absolute Gasteiger partial charge is 0.469 e. The van der Waals surface area contributed by atoms with Crippen LogP contribution in [-0.4, -0.2) is 25.3 Å². The first-order valence-corrected chi connectivity index (χ1v) is 9.48. The van der Waals surface area contributed by atoms with Crippen LogP contribution in [0.1, 0.15) is 96.8 Å². The van der Waals surface area contributed by atoms with Gasteiger partial charge in [0.1, 0.15) is 0 Å². The lowest BCUT2D eigenvalue weighted by Crippen LogP contribution is -2.11. The van der Waals surface area contributed by atoms with Crippen molar-refractivity contribution < 1.29 is 14.3 Å². The highest BCUT2D eigenvalue weighted by atomic mass is 16.5. The fraction of sp³-hybridized carbons (Fsp3) is 0.947. The molecule has 0 aliphatic carbocycles. The van der Waals surface area contributed by atoms with Crippen LogP contribution < -0.4 is 0 Å². The average molecular weight is 312 g/mol. The van der Waals surface area contributed by atoms with Crippen LogP contribution in [0, 0.1) is 0 Å². The van der Waals surface area contributed by atoms with Crippen LogP contribution in [0.2, 0.25) is 0 Å². The van der Waals surface area contributed by atoms with Gasteiger partial charge in [0.05, 0.1) is 19.3 Å². The van der Waals surface area contributed by atoms with Crippen LogP contribution in [-0.2, 0) is 14.3 Å². The van der Waals surface area contributed by atoms with E-state index in [2.05, 4.69) is 11.7 Å². The van der Waals surface area contributed by atoms with Crippen LogP contribution in [0.15, 0.2) is 0 Å². The molecule has 0 aromatic carbocycles. The summed E-state index contributed by atoms with van der Waals surface area (Å²) in [5, 5.41) is 0. The molecule has 2 unspecified atom stereocenters.